The van der Waals surface area contributed by atoms with Gasteiger partial charge < -0.3 is 5.73 Å². The van der Waals surface area contributed by atoms with Crippen LogP contribution < -0.4 is 5.73 Å². The molecule has 2 rings (SSSR count). The third kappa shape index (κ3) is 3.28. The van der Waals surface area contributed by atoms with Gasteiger partial charge in [0.05, 0.1) is 0 Å². The maximum atomic E-state index is 5.53. The van der Waals surface area contributed by atoms with E-state index in [9.17, 15) is 0 Å². The first-order valence-electron chi connectivity index (χ1n) is 5.45. The third-order valence-electron chi connectivity index (χ3n) is 2.32. The Kier molecular flexibility index (Phi) is 3.76. The van der Waals surface area contributed by atoms with Crippen LogP contribution in [0.4, 0.5) is 0 Å². The van der Waals surface area contributed by atoms with Gasteiger partial charge in [-0.15, -0.1) is 0 Å². The summed E-state index contributed by atoms with van der Waals surface area (Å²) in [7, 11) is 0. The lowest BCUT2D eigenvalue weighted by Gasteiger charge is -2.03. The number of hydrogen-bond donors (Lipinski definition) is 1. The van der Waals surface area contributed by atoms with E-state index in [0.717, 1.165) is 21.3 Å². The molecule has 0 saturated heterocycles. The molecular formula is C13H15N3S. The summed E-state index contributed by atoms with van der Waals surface area (Å²) in [5, 5.41) is 1.93. The van der Waals surface area contributed by atoms with Crippen LogP contribution in [0.1, 0.15) is 16.8 Å². The van der Waals surface area contributed by atoms with Gasteiger partial charge >= 0.3 is 0 Å². The first-order valence-corrected chi connectivity index (χ1v) is 6.27. The Hall–Kier alpha value is -1.39. The molecule has 0 radical (unpaired) electrons. The minimum atomic E-state index is 0.528. The van der Waals surface area contributed by atoms with Gasteiger partial charge in [-0.05, 0) is 43.2 Å². The van der Waals surface area contributed by atoms with Gasteiger partial charge in [-0.2, -0.15) is 0 Å². The zero-order valence-corrected chi connectivity index (χ0v) is 10.8. The SMILES string of the molecule is Cc1cc(C)nc(Sc2ccc(CN)cn2)c1. The maximum absolute atomic E-state index is 5.53. The average molecular weight is 245 g/mol. The summed E-state index contributed by atoms with van der Waals surface area (Å²) in [4.78, 5) is 8.82. The molecule has 2 aromatic heterocycles. The summed E-state index contributed by atoms with van der Waals surface area (Å²) in [6, 6.07) is 8.11. The van der Waals surface area contributed by atoms with Crippen LogP contribution >= 0.6 is 11.8 Å². The number of pyridine rings is 2. The van der Waals surface area contributed by atoms with Crippen molar-refractivity contribution in [1.29, 1.82) is 0 Å². The van der Waals surface area contributed by atoms with Crippen LogP contribution in [0.2, 0.25) is 0 Å². The maximum Gasteiger partial charge on any atom is 0.103 e. The highest BCUT2D eigenvalue weighted by Gasteiger charge is 2.02. The van der Waals surface area contributed by atoms with E-state index >= 15 is 0 Å². The topological polar surface area (TPSA) is 51.8 Å². The summed E-state index contributed by atoms with van der Waals surface area (Å²) < 4.78 is 0. The van der Waals surface area contributed by atoms with Crippen molar-refractivity contribution < 1.29 is 0 Å². The number of rotatable bonds is 3. The number of nitrogens with zero attached hydrogens (tertiary/aromatic N) is 2. The molecule has 17 heavy (non-hydrogen) atoms. The minimum Gasteiger partial charge on any atom is -0.326 e. The Balaban J connectivity index is 2.19. The van der Waals surface area contributed by atoms with E-state index in [2.05, 4.69) is 29.0 Å². The third-order valence-corrected chi connectivity index (χ3v) is 3.19. The molecule has 2 N–H and O–H groups in total. The van der Waals surface area contributed by atoms with Gasteiger partial charge in [-0.25, -0.2) is 9.97 Å². The first kappa shape index (κ1) is 12.1. The highest BCUT2D eigenvalue weighted by Crippen LogP contribution is 2.25. The molecular weight excluding hydrogens is 230 g/mol. The van der Waals surface area contributed by atoms with E-state index in [0.29, 0.717) is 6.54 Å². The largest absolute Gasteiger partial charge is 0.326 e. The average Bonchev–Trinajstić information content (AvgIpc) is 2.28. The summed E-state index contributed by atoms with van der Waals surface area (Å²) in [6.45, 7) is 4.60. The Morgan fingerprint density at radius 1 is 1.18 bits per heavy atom. The second-order valence-corrected chi connectivity index (χ2v) is 4.98. The van der Waals surface area contributed by atoms with Crippen molar-refractivity contribution in [2.24, 2.45) is 5.73 Å². The monoisotopic (exact) mass is 245 g/mol. The van der Waals surface area contributed by atoms with Gasteiger partial charge in [0, 0.05) is 18.4 Å². The van der Waals surface area contributed by atoms with Gasteiger partial charge in [0.25, 0.3) is 0 Å². The highest BCUT2D eigenvalue weighted by atomic mass is 32.2. The van der Waals surface area contributed by atoms with Crippen molar-refractivity contribution in [2.75, 3.05) is 0 Å². The molecule has 0 aliphatic heterocycles. The molecule has 2 aromatic rings. The number of nitrogens with two attached hydrogens (primary N) is 1. The zero-order chi connectivity index (χ0) is 12.3. The van der Waals surface area contributed by atoms with E-state index < -0.39 is 0 Å². The van der Waals surface area contributed by atoms with Crippen molar-refractivity contribution in [3.8, 4) is 0 Å². The van der Waals surface area contributed by atoms with Gasteiger partial charge in [0.15, 0.2) is 0 Å². The molecule has 0 saturated carbocycles. The molecule has 88 valence electrons. The van der Waals surface area contributed by atoms with E-state index in [1.165, 1.54) is 5.56 Å². The number of aryl methyl sites for hydroxylation is 2. The van der Waals surface area contributed by atoms with Crippen molar-refractivity contribution in [1.82, 2.24) is 9.97 Å². The molecule has 0 unspecified atom stereocenters. The Labute approximate surface area is 105 Å². The molecule has 3 nitrogen and oxygen atoms in total. The molecule has 0 atom stereocenters. The van der Waals surface area contributed by atoms with Crippen molar-refractivity contribution in [3.05, 3.63) is 47.3 Å². The van der Waals surface area contributed by atoms with E-state index in [-0.39, 0.29) is 0 Å². The lowest BCUT2D eigenvalue weighted by molar-refractivity contribution is 1.00. The van der Waals surface area contributed by atoms with E-state index in [1.807, 2.05) is 25.3 Å². The van der Waals surface area contributed by atoms with Crippen LogP contribution in [0.15, 0.2) is 40.5 Å². The van der Waals surface area contributed by atoms with Crippen molar-refractivity contribution in [2.45, 2.75) is 30.4 Å². The second kappa shape index (κ2) is 5.29. The Morgan fingerprint density at radius 3 is 2.59 bits per heavy atom. The molecule has 0 fully saturated rings. The minimum absolute atomic E-state index is 0.528. The van der Waals surface area contributed by atoms with Crippen LogP contribution in [-0.4, -0.2) is 9.97 Å². The highest BCUT2D eigenvalue weighted by molar-refractivity contribution is 7.99. The lowest BCUT2D eigenvalue weighted by atomic mass is 10.3. The fraction of sp³-hybridized carbons (Fsp3) is 0.231. The molecule has 4 heteroatoms. The predicted octanol–water partition coefficient (Wildman–Crippen LogP) is 2.70. The van der Waals surface area contributed by atoms with Crippen molar-refractivity contribution in [3.63, 3.8) is 0 Å². The van der Waals surface area contributed by atoms with Crippen LogP contribution in [0.25, 0.3) is 0 Å². The fourth-order valence-corrected chi connectivity index (χ4v) is 2.45. The second-order valence-electron chi connectivity index (χ2n) is 3.93. The van der Waals surface area contributed by atoms with Gasteiger partial charge in [0.1, 0.15) is 10.1 Å². The van der Waals surface area contributed by atoms with E-state index in [4.69, 9.17) is 5.73 Å². The van der Waals surface area contributed by atoms with Crippen molar-refractivity contribution >= 4 is 11.8 Å². The smallest absolute Gasteiger partial charge is 0.103 e. The van der Waals surface area contributed by atoms with Crippen LogP contribution in [0.5, 0.6) is 0 Å². The Morgan fingerprint density at radius 2 is 2.00 bits per heavy atom. The van der Waals surface area contributed by atoms with Gasteiger partial charge in [-0.3, -0.25) is 0 Å². The normalized spacial score (nSPS) is 10.5. The van der Waals surface area contributed by atoms with Crippen LogP contribution in [0, 0.1) is 13.8 Å². The summed E-state index contributed by atoms with van der Waals surface area (Å²) in [6.07, 6.45) is 1.81. The molecule has 0 aromatic carbocycles. The zero-order valence-electron chi connectivity index (χ0n) is 9.97. The fourth-order valence-electron chi connectivity index (χ4n) is 1.56. The first-order chi connectivity index (χ1) is 8.17. The lowest BCUT2D eigenvalue weighted by Crippen LogP contribution is -1.96. The van der Waals surface area contributed by atoms with Gasteiger partial charge in [-0.1, -0.05) is 17.8 Å². The molecule has 0 spiro atoms. The molecule has 0 amide bonds. The predicted molar refractivity (Wildman–Crippen MR) is 70.0 cm³/mol. The molecule has 2 heterocycles. The molecule has 0 aliphatic carbocycles. The van der Waals surface area contributed by atoms with Crippen LogP contribution in [-0.2, 0) is 6.54 Å². The molecule has 0 aliphatic rings. The number of aromatic nitrogens is 2. The number of hydrogen-bond acceptors (Lipinski definition) is 4. The van der Waals surface area contributed by atoms with Crippen LogP contribution in [0.3, 0.4) is 0 Å². The van der Waals surface area contributed by atoms with Gasteiger partial charge in [0.2, 0.25) is 0 Å². The molecule has 0 bridgehead atoms. The summed E-state index contributed by atoms with van der Waals surface area (Å²) in [5.41, 5.74) is 8.83. The quantitative estimate of drug-likeness (QED) is 0.903. The Bertz CT molecular complexity index is 488. The summed E-state index contributed by atoms with van der Waals surface area (Å²) in [5.74, 6) is 0. The standard InChI is InChI=1S/C13H15N3S/c1-9-5-10(2)16-13(6-9)17-12-4-3-11(7-14)8-15-12/h3-6,8H,7,14H2,1-2H3. The summed E-state index contributed by atoms with van der Waals surface area (Å²) >= 11 is 1.57. The van der Waals surface area contributed by atoms with E-state index in [1.54, 1.807) is 11.8 Å².